The summed E-state index contributed by atoms with van der Waals surface area (Å²) in [5.41, 5.74) is 2.75. The number of aromatic amines is 1. The third kappa shape index (κ3) is 4.16. The molecule has 2 aliphatic rings. The fourth-order valence-electron chi connectivity index (χ4n) is 3.36. The third-order valence-electron chi connectivity index (χ3n) is 4.95. The van der Waals surface area contributed by atoms with Crippen LogP contribution in [0.5, 0.6) is 0 Å². The van der Waals surface area contributed by atoms with E-state index in [9.17, 15) is 9.59 Å². The van der Waals surface area contributed by atoms with Gasteiger partial charge < -0.3 is 20.4 Å². The molecule has 4 rings (SSSR count). The molecule has 0 bridgehead atoms. The van der Waals surface area contributed by atoms with Gasteiger partial charge in [0.15, 0.2) is 0 Å². The molecule has 0 aromatic carbocycles. The smallest absolute Gasteiger partial charge is 0.267 e. The number of amides is 2. The predicted octanol–water partition coefficient (Wildman–Crippen LogP) is 1.32. The Morgan fingerprint density at radius 1 is 1.38 bits per heavy atom. The molecular formula is C19H21ClN6O3. The number of aryl methyl sites for hydroxylation is 1. The lowest BCUT2D eigenvalue weighted by Crippen LogP contribution is -2.41. The van der Waals surface area contributed by atoms with Crippen LogP contribution in [0.1, 0.15) is 27.3 Å². The summed E-state index contributed by atoms with van der Waals surface area (Å²) in [6.45, 7) is 6.42. The minimum Gasteiger partial charge on any atom is -0.379 e. The Bertz CT molecular complexity index is 980. The zero-order valence-corrected chi connectivity index (χ0v) is 16.7. The monoisotopic (exact) mass is 416 g/mol. The zero-order chi connectivity index (χ0) is 20.4. The molecule has 0 unspecified atom stereocenters. The van der Waals surface area contributed by atoms with Gasteiger partial charge in [-0.2, -0.15) is 0 Å². The van der Waals surface area contributed by atoms with E-state index in [0.717, 1.165) is 38.4 Å². The first-order valence-corrected chi connectivity index (χ1v) is 9.72. The first-order valence-electron chi connectivity index (χ1n) is 9.35. The molecule has 0 spiro atoms. The SMILES string of the molecule is Cc1cc(C(=O)NCCN2CCOCC2)[nH]c1C=C1C(=O)Nc2ncnc(Cl)c21. The van der Waals surface area contributed by atoms with Gasteiger partial charge in [0.2, 0.25) is 0 Å². The van der Waals surface area contributed by atoms with Gasteiger partial charge in [-0.15, -0.1) is 0 Å². The zero-order valence-electron chi connectivity index (χ0n) is 15.9. The Morgan fingerprint density at radius 3 is 2.97 bits per heavy atom. The van der Waals surface area contributed by atoms with Gasteiger partial charge >= 0.3 is 0 Å². The maximum Gasteiger partial charge on any atom is 0.267 e. The van der Waals surface area contributed by atoms with Crippen molar-refractivity contribution in [2.24, 2.45) is 0 Å². The van der Waals surface area contributed by atoms with Crippen LogP contribution in [0.25, 0.3) is 11.6 Å². The van der Waals surface area contributed by atoms with Crippen molar-refractivity contribution in [2.45, 2.75) is 6.92 Å². The van der Waals surface area contributed by atoms with Crippen LogP contribution in [0.4, 0.5) is 5.82 Å². The number of carbonyl (C=O) groups excluding carboxylic acids is 2. The summed E-state index contributed by atoms with van der Waals surface area (Å²) >= 11 is 6.14. The molecule has 1 saturated heterocycles. The summed E-state index contributed by atoms with van der Waals surface area (Å²) < 4.78 is 5.32. The van der Waals surface area contributed by atoms with E-state index in [2.05, 4.69) is 30.5 Å². The molecule has 0 radical (unpaired) electrons. The molecule has 10 heteroatoms. The van der Waals surface area contributed by atoms with Gasteiger partial charge in [-0.1, -0.05) is 11.6 Å². The first kappa shape index (κ1) is 19.6. The molecule has 4 heterocycles. The van der Waals surface area contributed by atoms with E-state index in [1.165, 1.54) is 6.33 Å². The summed E-state index contributed by atoms with van der Waals surface area (Å²) in [5.74, 6) is -0.122. The van der Waals surface area contributed by atoms with E-state index in [0.29, 0.717) is 34.9 Å². The average molecular weight is 417 g/mol. The van der Waals surface area contributed by atoms with Crippen LogP contribution < -0.4 is 10.6 Å². The standard InChI is InChI=1S/C19H21ClN6O3/c1-11-8-14(19(28)21-2-3-26-4-6-29-7-5-26)24-13(11)9-12-15-16(20)22-10-23-17(15)25-18(12)27/h8-10,24H,2-7H2,1H3,(H,21,28)(H,22,23,25,27). The Balaban J connectivity index is 1.46. The number of rotatable bonds is 5. The minimum absolute atomic E-state index is 0.191. The lowest BCUT2D eigenvalue weighted by Gasteiger charge is -2.26. The predicted molar refractivity (Wildman–Crippen MR) is 109 cm³/mol. The van der Waals surface area contributed by atoms with E-state index in [1.54, 1.807) is 12.1 Å². The summed E-state index contributed by atoms with van der Waals surface area (Å²) in [5, 5.41) is 5.79. The second-order valence-electron chi connectivity index (χ2n) is 6.89. The number of aromatic nitrogens is 3. The number of hydrogen-bond acceptors (Lipinski definition) is 6. The number of hydrogen-bond donors (Lipinski definition) is 3. The fourth-order valence-corrected chi connectivity index (χ4v) is 3.60. The molecule has 152 valence electrons. The Labute approximate surface area is 172 Å². The van der Waals surface area contributed by atoms with Crippen molar-refractivity contribution in [3.8, 4) is 0 Å². The molecule has 2 aliphatic heterocycles. The van der Waals surface area contributed by atoms with E-state index >= 15 is 0 Å². The highest BCUT2D eigenvalue weighted by Crippen LogP contribution is 2.35. The highest BCUT2D eigenvalue weighted by molar-refractivity contribution is 6.40. The van der Waals surface area contributed by atoms with Gasteiger partial charge in [-0.3, -0.25) is 14.5 Å². The van der Waals surface area contributed by atoms with Crippen molar-refractivity contribution in [1.82, 2.24) is 25.2 Å². The number of nitrogens with one attached hydrogen (secondary N) is 3. The normalized spacial score (nSPS) is 18.0. The number of ether oxygens (including phenoxy) is 1. The van der Waals surface area contributed by atoms with Crippen LogP contribution in [0, 0.1) is 6.92 Å². The van der Waals surface area contributed by atoms with Gasteiger partial charge in [0, 0.05) is 31.9 Å². The lowest BCUT2D eigenvalue weighted by atomic mass is 10.1. The lowest BCUT2D eigenvalue weighted by molar-refractivity contribution is -0.110. The fraction of sp³-hybridized carbons (Fsp3) is 0.368. The van der Waals surface area contributed by atoms with Crippen LogP contribution >= 0.6 is 11.6 Å². The highest BCUT2D eigenvalue weighted by Gasteiger charge is 2.29. The molecule has 3 N–H and O–H groups in total. The second kappa shape index (κ2) is 8.32. The summed E-state index contributed by atoms with van der Waals surface area (Å²) in [4.78, 5) is 38.1. The molecule has 2 amide bonds. The van der Waals surface area contributed by atoms with E-state index in [4.69, 9.17) is 16.3 Å². The maximum atomic E-state index is 12.5. The van der Waals surface area contributed by atoms with Crippen LogP contribution in [0.15, 0.2) is 12.4 Å². The second-order valence-corrected chi connectivity index (χ2v) is 7.25. The first-order chi connectivity index (χ1) is 14.0. The molecule has 9 nitrogen and oxygen atoms in total. The van der Waals surface area contributed by atoms with E-state index in [-0.39, 0.29) is 17.0 Å². The molecule has 2 aromatic rings. The van der Waals surface area contributed by atoms with Crippen LogP contribution in [-0.4, -0.2) is 71.1 Å². The Kier molecular flexibility index (Phi) is 5.61. The summed E-state index contributed by atoms with van der Waals surface area (Å²) in [7, 11) is 0. The Morgan fingerprint density at radius 2 is 2.17 bits per heavy atom. The van der Waals surface area contributed by atoms with Crippen LogP contribution in [0.3, 0.4) is 0 Å². The average Bonchev–Trinajstić information content (AvgIpc) is 3.23. The number of fused-ring (bicyclic) bond motifs is 1. The van der Waals surface area contributed by atoms with Crippen molar-refractivity contribution in [3.05, 3.63) is 40.1 Å². The molecule has 0 saturated carbocycles. The summed E-state index contributed by atoms with van der Waals surface area (Å²) in [6.07, 6.45) is 2.96. The number of nitrogens with zero attached hydrogens (tertiary/aromatic N) is 3. The number of anilines is 1. The van der Waals surface area contributed by atoms with Crippen LogP contribution in [0.2, 0.25) is 5.15 Å². The van der Waals surface area contributed by atoms with Crippen molar-refractivity contribution < 1.29 is 14.3 Å². The molecule has 2 aromatic heterocycles. The minimum atomic E-state index is -0.312. The van der Waals surface area contributed by atoms with Crippen molar-refractivity contribution in [1.29, 1.82) is 0 Å². The van der Waals surface area contributed by atoms with E-state index < -0.39 is 0 Å². The number of H-pyrrole nitrogens is 1. The summed E-state index contributed by atoms with van der Waals surface area (Å²) in [6, 6.07) is 1.76. The van der Waals surface area contributed by atoms with Crippen molar-refractivity contribution in [3.63, 3.8) is 0 Å². The van der Waals surface area contributed by atoms with Gasteiger partial charge in [0.25, 0.3) is 11.8 Å². The number of halogens is 1. The molecule has 0 atom stereocenters. The molecule has 1 fully saturated rings. The maximum absolute atomic E-state index is 12.5. The van der Waals surface area contributed by atoms with Crippen molar-refractivity contribution in [2.75, 3.05) is 44.7 Å². The molecule has 0 aliphatic carbocycles. The topological polar surface area (TPSA) is 112 Å². The van der Waals surface area contributed by atoms with Gasteiger partial charge in [0.1, 0.15) is 23.0 Å². The van der Waals surface area contributed by atoms with Crippen LogP contribution in [-0.2, 0) is 9.53 Å². The molecule has 29 heavy (non-hydrogen) atoms. The quantitative estimate of drug-likeness (QED) is 0.500. The third-order valence-corrected chi connectivity index (χ3v) is 5.24. The number of carbonyl (C=O) groups is 2. The van der Waals surface area contributed by atoms with Crippen molar-refractivity contribution >= 4 is 40.9 Å². The largest absolute Gasteiger partial charge is 0.379 e. The van der Waals surface area contributed by atoms with Gasteiger partial charge in [0.05, 0.1) is 24.4 Å². The van der Waals surface area contributed by atoms with E-state index in [1.807, 2.05) is 6.92 Å². The Hall–Kier alpha value is -2.75. The number of morpholine rings is 1. The van der Waals surface area contributed by atoms with Gasteiger partial charge in [-0.05, 0) is 24.6 Å². The van der Waals surface area contributed by atoms with Gasteiger partial charge in [-0.25, -0.2) is 9.97 Å². The highest BCUT2D eigenvalue weighted by atomic mass is 35.5. The molecular weight excluding hydrogens is 396 g/mol.